The van der Waals surface area contributed by atoms with Gasteiger partial charge in [-0.3, -0.25) is 4.90 Å². The zero-order chi connectivity index (χ0) is 21.9. The molecular formula is C27H29NO4. The lowest BCUT2D eigenvalue weighted by Gasteiger charge is -2.34. The van der Waals surface area contributed by atoms with Gasteiger partial charge in [-0.15, -0.1) is 0 Å². The van der Waals surface area contributed by atoms with Crippen LogP contribution in [-0.4, -0.2) is 48.0 Å². The number of nitrogens with zero attached hydrogens (tertiary/aromatic N) is 1. The van der Waals surface area contributed by atoms with Crippen LogP contribution in [0.1, 0.15) is 41.4 Å². The van der Waals surface area contributed by atoms with Gasteiger partial charge in [0, 0.05) is 23.9 Å². The molecule has 166 valence electrons. The Labute approximate surface area is 188 Å². The summed E-state index contributed by atoms with van der Waals surface area (Å²) in [5.74, 6) is 2.12. The van der Waals surface area contributed by atoms with Crippen LogP contribution in [0, 0.1) is 0 Å². The molecule has 1 fully saturated rings. The highest BCUT2D eigenvalue weighted by molar-refractivity contribution is 5.51. The average Bonchev–Trinajstić information content (AvgIpc) is 3.32. The second-order valence-corrected chi connectivity index (χ2v) is 8.68. The molecule has 0 unspecified atom stereocenters. The molecular weight excluding hydrogens is 402 g/mol. The Morgan fingerprint density at radius 1 is 0.875 bits per heavy atom. The molecule has 2 atom stereocenters. The van der Waals surface area contributed by atoms with Crippen LogP contribution in [0.4, 0.5) is 0 Å². The maximum Gasteiger partial charge on any atom is 0.123 e. The van der Waals surface area contributed by atoms with Gasteiger partial charge in [-0.25, -0.2) is 0 Å². The second-order valence-electron chi connectivity index (χ2n) is 8.68. The van der Waals surface area contributed by atoms with E-state index < -0.39 is 0 Å². The van der Waals surface area contributed by atoms with Crippen molar-refractivity contribution in [2.45, 2.75) is 24.7 Å². The fourth-order valence-electron chi connectivity index (χ4n) is 4.93. The Morgan fingerprint density at radius 3 is 2.44 bits per heavy atom. The van der Waals surface area contributed by atoms with Crippen molar-refractivity contribution >= 4 is 0 Å². The Morgan fingerprint density at radius 2 is 1.66 bits per heavy atom. The fraction of sp³-hybridized carbons (Fsp3) is 0.333. The number of ether oxygens (including phenoxy) is 2. The molecule has 2 N–H and O–H groups in total. The number of phenols is 2. The first kappa shape index (κ1) is 20.7. The number of likely N-dealkylation sites (tertiary alicyclic amines) is 1. The topological polar surface area (TPSA) is 62.2 Å². The first-order valence-electron chi connectivity index (χ1n) is 11.4. The van der Waals surface area contributed by atoms with Crippen LogP contribution in [0.5, 0.6) is 23.0 Å². The summed E-state index contributed by atoms with van der Waals surface area (Å²) < 4.78 is 12.0. The van der Waals surface area contributed by atoms with Gasteiger partial charge in [0.2, 0.25) is 0 Å². The molecule has 0 bridgehead atoms. The molecule has 5 nitrogen and oxygen atoms in total. The standard InChI is InChI=1S/C27H29NO4/c29-21-5-3-4-20(16-21)25-18-32-26-11-8-22(30)17-24(26)27(25)19-6-9-23(10-7-19)31-15-14-28-12-1-2-13-28/h3-11,16-17,25,27,29-30H,1-2,12-15,18H2/t25-,27-/m0/s1. The average molecular weight is 432 g/mol. The SMILES string of the molecule is Oc1cccc([C@@H]2COc3ccc(O)cc3[C@@H]2c2ccc(OCCN3CCCC3)cc2)c1. The Kier molecular flexibility index (Phi) is 5.91. The Bertz CT molecular complexity index is 1060. The van der Waals surface area contributed by atoms with Gasteiger partial charge in [-0.05, 0) is 79.5 Å². The molecule has 5 heteroatoms. The highest BCUT2D eigenvalue weighted by Gasteiger charge is 2.34. The molecule has 0 spiro atoms. The third-order valence-electron chi connectivity index (χ3n) is 6.56. The molecule has 32 heavy (non-hydrogen) atoms. The summed E-state index contributed by atoms with van der Waals surface area (Å²) in [5.41, 5.74) is 3.09. The molecule has 0 radical (unpaired) electrons. The van der Waals surface area contributed by atoms with E-state index in [-0.39, 0.29) is 23.3 Å². The van der Waals surface area contributed by atoms with Crippen LogP contribution in [0.15, 0.2) is 66.7 Å². The highest BCUT2D eigenvalue weighted by atomic mass is 16.5. The molecule has 2 aliphatic heterocycles. The lowest BCUT2D eigenvalue weighted by Crippen LogP contribution is -2.25. The predicted octanol–water partition coefficient (Wildman–Crippen LogP) is 4.88. The number of phenolic OH excluding ortho intramolecular Hbond substituents is 2. The van der Waals surface area contributed by atoms with Crippen LogP contribution in [-0.2, 0) is 0 Å². The molecule has 3 aromatic rings. The van der Waals surface area contributed by atoms with Crippen LogP contribution in [0.25, 0.3) is 0 Å². The fourth-order valence-corrected chi connectivity index (χ4v) is 4.93. The minimum atomic E-state index is -0.00806. The molecule has 2 aliphatic rings. The lowest BCUT2D eigenvalue weighted by molar-refractivity contribution is 0.237. The summed E-state index contributed by atoms with van der Waals surface area (Å²) >= 11 is 0. The van der Waals surface area contributed by atoms with Gasteiger partial charge in [0.05, 0.1) is 6.61 Å². The second kappa shape index (κ2) is 9.13. The molecule has 2 heterocycles. The van der Waals surface area contributed by atoms with Gasteiger partial charge in [0.1, 0.15) is 29.6 Å². The Balaban J connectivity index is 1.41. The van der Waals surface area contributed by atoms with Crippen LogP contribution in [0.3, 0.4) is 0 Å². The number of benzene rings is 3. The minimum absolute atomic E-state index is 0.00806. The zero-order valence-electron chi connectivity index (χ0n) is 18.1. The number of fused-ring (bicyclic) bond motifs is 1. The summed E-state index contributed by atoms with van der Waals surface area (Å²) in [5, 5.41) is 20.2. The normalized spacial score (nSPS) is 20.5. The summed E-state index contributed by atoms with van der Waals surface area (Å²) in [7, 11) is 0. The zero-order valence-corrected chi connectivity index (χ0v) is 18.1. The van der Waals surface area contributed by atoms with E-state index in [1.807, 2.05) is 30.3 Å². The predicted molar refractivity (Wildman–Crippen MR) is 124 cm³/mol. The van der Waals surface area contributed by atoms with E-state index >= 15 is 0 Å². The summed E-state index contributed by atoms with van der Waals surface area (Å²) in [6.07, 6.45) is 2.58. The van der Waals surface area contributed by atoms with Gasteiger partial charge in [-0.2, -0.15) is 0 Å². The van der Waals surface area contributed by atoms with Crippen molar-refractivity contribution < 1.29 is 19.7 Å². The molecule has 0 amide bonds. The van der Waals surface area contributed by atoms with E-state index in [0.29, 0.717) is 13.2 Å². The Hall–Kier alpha value is -3.18. The minimum Gasteiger partial charge on any atom is -0.508 e. The number of rotatable bonds is 6. The van der Waals surface area contributed by atoms with E-state index in [1.165, 1.54) is 25.9 Å². The van der Waals surface area contributed by atoms with Crippen LogP contribution >= 0.6 is 0 Å². The summed E-state index contributed by atoms with van der Waals surface area (Å²) in [6.45, 7) is 4.51. The third kappa shape index (κ3) is 4.39. The van der Waals surface area contributed by atoms with Crippen molar-refractivity contribution in [3.05, 3.63) is 83.4 Å². The molecule has 0 aliphatic carbocycles. The van der Waals surface area contributed by atoms with Crippen molar-refractivity contribution in [2.24, 2.45) is 0 Å². The van der Waals surface area contributed by atoms with E-state index in [0.717, 1.165) is 34.7 Å². The first-order chi connectivity index (χ1) is 15.7. The maximum atomic E-state index is 10.2. The molecule has 3 aromatic carbocycles. The van der Waals surface area contributed by atoms with Crippen molar-refractivity contribution in [1.29, 1.82) is 0 Å². The van der Waals surface area contributed by atoms with Crippen molar-refractivity contribution in [3.8, 4) is 23.0 Å². The van der Waals surface area contributed by atoms with Crippen LogP contribution in [0.2, 0.25) is 0 Å². The van der Waals surface area contributed by atoms with E-state index in [4.69, 9.17) is 9.47 Å². The highest BCUT2D eigenvalue weighted by Crippen LogP contribution is 2.47. The number of hydrogen-bond donors (Lipinski definition) is 2. The van der Waals surface area contributed by atoms with Crippen molar-refractivity contribution in [3.63, 3.8) is 0 Å². The largest absolute Gasteiger partial charge is 0.508 e. The third-order valence-corrected chi connectivity index (χ3v) is 6.56. The first-order valence-corrected chi connectivity index (χ1v) is 11.4. The van der Waals surface area contributed by atoms with Gasteiger partial charge in [-0.1, -0.05) is 24.3 Å². The lowest BCUT2D eigenvalue weighted by atomic mass is 9.76. The molecule has 5 rings (SSSR count). The smallest absolute Gasteiger partial charge is 0.123 e. The molecule has 0 saturated carbocycles. The van der Waals surface area contributed by atoms with Crippen molar-refractivity contribution in [1.82, 2.24) is 4.90 Å². The van der Waals surface area contributed by atoms with Gasteiger partial charge in [0.15, 0.2) is 0 Å². The quantitative estimate of drug-likeness (QED) is 0.582. The molecule has 1 saturated heterocycles. The monoisotopic (exact) mass is 431 g/mol. The van der Waals surface area contributed by atoms with Gasteiger partial charge < -0.3 is 19.7 Å². The molecule has 0 aromatic heterocycles. The van der Waals surface area contributed by atoms with Gasteiger partial charge >= 0.3 is 0 Å². The van der Waals surface area contributed by atoms with E-state index in [9.17, 15) is 10.2 Å². The number of hydrogen-bond acceptors (Lipinski definition) is 5. The number of aromatic hydroxyl groups is 2. The maximum absolute atomic E-state index is 10.2. The van der Waals surface area contributed by atoms with Crippen molar-refractivity contribution in [2.75, 3.05) is 32.8 Å². The van der Waals surface area contributed by atoms with Gasteiger partial charge in [0.25, 0.3) is 0 Å². The van der Waals surface area contributed by atoms with Crippen LogP contribution < -0.4 is 9.47 Å². The summed E-state index contributed by atoms with van der Waals surface area (Å²) in [4.78, 5) is 2.44. The summed E-state index contributed by atoms with van der Waals surface area (Å²) in [6, 6.07) is 20.9. The van der Waals surface area contributed by atoms with E-state index in [2.05, 4.69) is 17.0 Å². The van der Waals surface area contributed by atoms with E-state index in [1.54, 1.807) is 24.3 Å².